The zero-order valence-electron chi connectivity index (χ0n) is 17.5. The SMILES string of the molecule is COc1ccc(/C=N\NC(=O)c2ccc(N3Cc4cc(C)c(C)cc4C3)cc2)cc1. The Balaban J connectivity index is 1.37. The van der Waals surface area contributed by atoms with Gasteiger partial charge >= 0.3 is 0 Å². The average Bonchev–Trinajstić information content (AvgIpc) is 3.17. The van der Waals surface area contributed by atoms with Gasteiger partial charge in [-0.1, -0.05) is 12.1 Å². The lowest BCUT2D eigenvalue weighted by atomic mass is 10.0. The summed E-state index contributed by atoms with van der Waals surface area (Å²) in [6, 6.07) is 19.7. The summed E-state index contributed by atoms with van der Waals surface area (Å²) >= 11 is 0. The second kappa shape index (κ2) is 8.41. The molecule has 30 heavy (non-hydrogen) atoms. The maximum absolute atomic E-state index is 12.4. The van der Waals surface area contributed by atoms with Crippen molar-refractivity contribution in [2.24, 2.45) is 5.10 Å². The topological polar surface area (TPSA) is 53.9 Å². The molecule has 1 N–H and O–H groups in total. The van der Waals surface area contributed by atoms with Crippen molar-refractivity contribution >= 4 is 17.8 Å². The molecular formula is C25H25N3O2. The minimum atomic E-state index is -0.234. The van der Waals surface area contributed by atoms with Gasteiger partial charge in [-0.25, -0.2) is 5.43 Å². The van der Waals surface area contributed by atoms with Gasteiger partial charge in [0.05, 0.1) is 13.3 Å². The van der Waals surface area contributed by atoms with Crippen molar-refractivity contribution in [3.05, 3.63) is 94.0 Å². The Hall–Kier alpha value is -3.60. The number of carbonyl (C=O) groups is 1. The molecule has 1 aliphatic rings. The highest BCUT2D eigenvalue weighted by molar-refractivity contribution is 5.95. The fourth-order valence-corrected chi connectivity index (χ4v) is 3.62. The molecule has 3 aromatic rings. The number of hydrazone groups is 1. The molecular weight excluding hydrogens is 374 g/mol. The van der Waals surface area contributed by atoms with Crippen LogP contribution < -0.4 is 15.1 Å². The quantitative estimate of drug-likeness (QED) is 0.504. The highest BCUT2D eigenvalue weighted by Crippen LogP contribution is 2.30. The lowest BCUT2D eigenvalue weighted by Crippen LogP contribution is -2.18. The normalized spacial score (nSPS) is 12.8. The van der Waals surface area contributed by atoms with Crippen LogP contribution in [0, 0.1) is 13.8 Å². The number of ether oxygens (including phenoxy) is 1. The Kier molecular flexibility index (Phi) is 5.53. The largest absolute Gasteiger partial charge is 0.497 e. The molecule has 1 aliphatic heterocycles. The number of rotatable bonds is 5. The van der Waals surface area contributed by atoms with Gasteiger partial charge in [0.2, 0.25) is 0 Å². The van der Waals surface area contributed by atoms with Crippen LogP contribution in [-0.2, 0) is 13.1 Å². The van der Waals surface area contributed by atoms with Gasteiger partial charge in [0.25, 0.3) is 5.91 Å². The van der Waals surface area contributed by atoms with Gasteiger partial charge in [0.1, 0.15) is 5.75 Å². The van der Waals surface area contributed by atoms with Gasteiger partial charge in [0.15, 0.2) is 0 Å². The number of nitrogens with one attached hydrogen (secondary N) is 1. The van der Waals surface area contributed by atoms with Crippen LogP contribution in [0.1, 0.15) is 38.2 Å². The molecule has 0 saturated carbocycles. The van der Waals surface area contributed by atoms with E-state index in [2.05, 4.69) is 41.4 Å². The van der Waals surface area contributed by atoms with E-state index in [4.69, 9.17) is 4.74 Å². The first-order valence-electron chi connectivity index (χ1n) is 9.95. The van der Waals surface area contributed by atoms with Crippen molar-refractivity contribution in [2.75, 3.05) is 12.0 Å². The molecule has 0 atom stereocenters. The number of hydrogen-bond acceptors (Lipinski definition) is 4. The number of hydrogen-bond donors (Lipinski definition) is 1. The summed E-state index contributed by atoms with van der Waals surface area (Å²) in [4.78, 5) is 14.7. The first-order valence-corrected chi connectivity index (χ1v) is 9.95. The number of amides is 1. The second-order valence-electron chi connectivity index (χ2n) is 7.58. The zero-order valence-corrected chi connectivity index (χ0v) is 17.5. The fraction of sp³-hybridized carbons (Fsp3) is 0.200. The minimum Gasteiger partial charge on any atom is -0.497 e. The maximum atomic E-state index is 12.4. The minimum absolute atomic E-state index is 0.234. The van der Waals surface area contributed by atoms with Gasteiger partial charge in [-0.15, -0.1) is 0 Å². The van der Waals surface area contributed by atoms with E-state index >= 15 is 0 Å². The van der Waals surface area contributed by atoms with Gasteiger partial charge in [-0.05, 0) is 90.2 Å². The van der Waals surface area contributed by atoms with Crippen molar-refractivity contribution in [2.45, 2.75) is 26.9 Å². The first kappa shape index (κ1) is 19.7. The summed E-state index contributed by atoms with van der Waals surface area (Å²) in [5.74, 6) is 0.546. The van der Waals surface area contributed by atoms with Gasteiger partial charge < -0.3 is 9.64 Å². The third-order valence-corrected chi connectivity index (χ3v) is 5.53. The molecule has 0 unspecified atom stereocenters. The van der Waals surface area contributed by atoms with Crippen molar-refractivity contribution in [3.8, 4) is 5.75 Å². The van der Waals surface area contributed by atoms with Crippen molar-refractivity contribution in [3.63, 3.8) is 0 Å². The van der Waals surface area contributed by atoms with E-state index < -0.39 is 0 Å². The highest BCUT2D eigenvalue weighted by atomic mass is 16.5. The highest BCUT2D eigenvalue weighted by Gasteiger charge is 2.20. The van der Waals surface area contributed by atoms with E-state index in [1.165, 1.54) is 22.3 Å². The summed E-state index contributed by atoms with van der Waals surface area (Å²) in [5.41, 5.74) is 10.6. The summed E-state index contributed by atoms with van der Waals surface area (Å²) in [6.45, 7) is 6.11. The van der Waals surface area contributed by atoms with E-state index in [1.807, 2.05) is 48.5 Å². The van der Waals surface area contributed by atoms with Crippen LogP contribution in [0.15, 0.2) is 65.8 Å². The first-order chi connectivity index (χ1) is 14.5. The third-order valence-electron chi connectivity index (χ3n) is 5.53. The van der Waals surface area contributed by atoms with Crippen LogP contribution in [0.5, 0.6) is 5.75 Å². The van der Waals surface area contributed by atoms with Crippen molar-refractivity contribution in [1.29, 1.82) is 0 Å². The number of benzene rings is 3. The molecule has 5 heteroatoms. The molecule has 3 aromatic carbocycles. The van der Waals surface area contributed by atoms with Crippen LogP contribution >= 0.6 is 0 Å². The molecule has 0 fully saturated rings. The Morgan fingerprint density at radius 1 is 0.967 bits per heavy atom. The Labute approximate surface area is 177 Å². The number of carbonyl (C=O) groups excluding carboxylic acids is 1. The molecule has 1 heterocycles. The zero-order chi connectivity index (χ0) is 21.1. The van der Waals surface area contributed by atoms with E-state index in [0.29, 0.717) is 5.56 Å². The molecule has 0 aromatic heterocycles. The Morgan fingerprint density at radius 2 is 1.57 bits per heavy atom. The van der Waals surface area contributed by atoms with Gasteiger partial charge in [-0.2, -0.15) is 5.10 Å². The van der Waals surface area contributed by atoms with E-state index in [9.17, 15) is 4.79 Å². The summed E-state index contributed by atoms with van der Waals surface area (Å²) in [6.07, 6.45) is 1.61. The van der Waals surface area contributed by atoms with Gasteiger partial charge in [-0.3, -0.25) is 4.79 Å². The predicted octanol–water partition coefficient (Wildman–Crippen LogP) is 4.60. The number of fused-ring (bicyclic) bond motifs is 1. The number of nitrogens with zero attached hydrogens (tertiary/aromatic N) is 2. The molecule has 0 spiro atoms. The fourth-order valence-electron chi connectivity index (χ4n) is 3.62. The Morgan fingerprint density at radius 3 is 2.13 bits per heavy atom. The van der Waals surface area contributed by atoms with E-state index in [0.717, 1.165) is 30.1 Å². The predicted molar refractivity (Wildman–Crippen MR) is 120 cm³/mol. The molecule has 0 saturated heterocycles. The second-order valence-corrected chi connectivity index (χ2v) is 7.58. The Bertz CT molecular complexity index is 1060. The maximum Gasteiger partial charge on any atom is 0.271 e. The molecule has 0 radical (unpaired) electrons. The molecule has 5 nitrogen and oxygen atoms in total. The number of aryl methyl sites for hydroxylation is 2. The smallest absolute Gasteiger partial charge is 0.271 e. The lowest BCUT2D eigenvalue weighted by molar-refractivity contribution is 0.0955. The number of anilines is 1. The standard InChI is InChI=1S/C25H25N3O2/c1-17-12-21-15-28(16-22(21)13-18(17)2)23-8-6-20(7-9-23)25(29)27-26-14-19-4-10-24(30-3)11-5-19/h4-14H,15-16H2,1-3H3,(H,27,29)/b26-14-. The average molecular weight is 399 g/mol. The molecule has 152 valence electrons. The third kappa shape index (κ3) is 4.20. The summed E-state index contributed by atoms with van der Waals surface area (Å²) in [7, 11) is 1.62. The van der Waals surface area contributed by atoms with Crippen molar-refractivity contribution < 1.29 is 9.53 Å². The van der Waals surface area contributed by atoms with Gasteiger partial charge in [0, 0.05) is 24.3 Å². The van der Waals surface area contributed by atoms with Crippen LogP contribution in [0.25, 0.3) is 0 Å². The van der Waals surface area contributed by atoms with Crippen LogP contribution in [0.3, 0.4) is 0 Å². The van der Waals surface area contributed by atoms with E-state index in [1.54, 1.807) is 13.3 Å². The van der Waals surface area contributed by atoms with E-state index in [-0.39, 0.29) is 5.91 Å². The van der Waals surface area contributed by atoms with Crippen LogP contribution in [-0.4, -0.2) is 19.2 Å². The molecule has 0 bridgehead atoms. The monoisotopic (exact) mass is 399 g/mol. The molecule has 0 aliphatic carbocycles. The lowest BCUT2D eigenvalue weighted by Gasteiger charge is -2.17. The van der Waals surface area contributed by atoms with Crippen LogP contribution in [0.4, 0.5) is 5.69 Å². The van der Waals surface area contributed by atoms with Crippen molar-refractivity contribution in [1.82, 2.24) is 5.43 Å². The summed E-state index contributed by atoms with van der Waals surface area (Å²) in [5, 5.41) is 4.04. The molecule has 4 rings (SSSR count). The molecule has 1 amide bonds. The number of methoxy groups -OCH3 is 1. The van der Waals surface area contributed by atoms with Crippen LogP contribution in [0.2, 0.25) is 0 Å². The summed E-state index contributed by atoms with van der Waals surface area (Å²) < 4.78 is 5.13.